The minimum absolute atomic E-state index is 0.259. The van der Waals surface area contributed by atoms with Crippen LogP contribution in [0.3, 0.4) is 0 Å². The van der Waals surface area contributed by atoms with Gasteiger partial charge in [0.15, 0.2) is 0 Å². The first-order valence-electron chi connectivity index (χ1n) is 7.38. The molecule has 2 atom stereocenters. The lowest BCUT2D eigenvalue weighted by atomic mass is 9.60. The van der Waals surface area contributed by atoms with Crippen LogP contribution in [0.25, 0.3) is 0 Å². The summed E-state index contributed by atoms with van der Waals surface area (Å²) >= 11 is 0. The average Bonchev–Trinajstić information content (AvgIpc) is 2.82. The van der Waals surface area contributed by atoms with Crippen LogP contribution in [0.15, 0.2) is 0 Å². The van der Waals surface area contributed by atoms with E-state index in [0.29, 0.717) is 24.1 Å². The highest BCUT2D eigenvalue weighted by Gasteiger charge is 2.57. The SMILES string of the molecule is CCO[C@H]1C[C@H](N(C)CCS(C)(=O)=O)C12CCCC2. The lowest BCUT2D eigenvalue weighted by Gasteiger charge is -2.57. The average molecular weight is 289 g/mol. The van der Waals surface area contributed by atoms with Crippen LogP contribution >= 0.6 is 0 Å². The second-order valence-electron chi connectivity index (χ2n) is 6.25. The van der Waals surface area contributed by atoms with Crippen molar-refractivity contribution in [2.45, 2.75) is 51.2 Å². The molecule has 2 saturated carbocycles. The molecular weight excluding hydrogens is 262 g/mol. The molecule has 0 bridgehead atoms. The summed E-state index contributed by atoms with van der Waals surface area (Å²) in [6.45, 7) is 3.49. The summed E-state index contributed by atoms with van der Waals surface area (Å²) in [5.74, 6) is 0.259. The van der Waals surface area contributed by atoms with Gasteiger partial charge in [0.1, 0.15) is 9.84 Å². The van der Waals surface area contributed by atoms with Crippen LogP contribution in [-0.4, -0.2) is 57.7 Å². The van der Waals surface area contributed by atoms with Crippen LogP contribution in [0, 0.1) is 5.41 Å². The maximum Gasteiger partial charge on any atom is 0.148 e. The molecule has 2 aliphatic rings. The molecule has 1 spiro atoms. The first-order valence-corrected chi connectivity index (χ1v) is 9.44. The second kappa shape index (κ2) is 5.70. The molecule has 2 rings (SSSR count). The molecule has 0 aromatic rings. The van der Waals surface area contributed by atoms with Gasteiger partial charge in [-0.3, -0.25) is 0 Å². The van der Waals surface area contributed by atoms with E-state index in [2.05, 4.69) is 18.9 Å². The van der Waals surface area contributed by atoms with Gasteiger partial charge in [0.05, 0.1) is 11.9 Å². The highest BCUT2D eigenvalue weighted by Crippen LogP contribution is 2.56. The molecule has 5 heteroatoms. The Morgan fingerprint density at radius 2 is 1.95 bits per heavy atom. The van der Waals surface area contributed by atoms with Crippen LogP contribution in [0.4, 0.5) is 0 Å². The Balaban J connectivity index is 1.97. The zero-order chi connectivity index (χ0) is 14.1. The minimum Gasteiger partial charge on any atom is -0.378 e. The fourth-order valence-corrected chi connectivity index (χ4v) is 4.55. The molecule has 2 fully saturated rings. The maximum atomic E-state index is 11.3. The minimum atomic E-state index is -2.87. The van der Waals surface area contributed by atoms with Gasteiger partial charge in [0.2, 0.25) is 0 Å². The Morgan fingerprint density at radius 1 is 1.32 bits per heavy atom. The van der Waals surface area contributed by atoms with Gasteiger partial charge in [-0.25, -0.2) is 8.42 Å². The Bertz CT molecular complexity index is 401. The van der Waals surface area contributed by atoms with Crippen LogP contribution in [0.5, 0.6) is 0 Å². The number of nitrogens with zero attached hydrogens (tertiary/aromatic N) is 1. The third-order valence-electron chi connectivity index (χ3n) is 4.99. The number of rotatable bonds is 6. The van der Waals surface area contributed by atoms with Gasteiger partial charge >= 0.3 is 0 Å². The molecule has 0 unspecified atom stereocenters. The van der Waals surface area contributed by atoms with Crippen LogP contribution in [-0.2, 0) is 14.6 Å². The van der Waals surface area contributed by atoms with E-state index in [1.54, 1.807) is 0 Å². The topological polar surface area (TPSA) is 46.6 Å². The fourth-order valence-electron chi connectivity index (χ4n) is 3.93. The van der Waals surface area contributed by atoms with Crippen molar-refractivity contribution in [2.75, 3.05) is 32.2 Å². The Labute approximate surface area is 117 Å². The molecule has 112 valence electrons. The van der Waals surface area contributed by atoms with Gasteiger partial charge in [-0.15, -0.1) is 0 Å². The molecule has 0 amide bonds. The molecule has 0 aromatic heterocycles. The van der Waals surface area contributed by atoms with Gasteiger partial charge in [-0.2, -0.15) is 0 Å². The maximum absolute atomic E-state index is 11.3. The van der Waals surface area contributed by atoms with Crippen molar-refractivity contribution in [3.8, 4) is 0 Å². The number of hydrogen-bond donors (Lipinski definition) is 0. The zero-order valence-electron chi connectivity index (χ0n) is 12.4. The highest BCUT2D eigenvalue weighted by atomic mass is 32.2. The first-order chi connectivity index (χ1) is 8.89. The Morgan fingerprint density at radius 3 is 2.47 bits per heavy atom. The van der Waals surface area contributed by atoms with Crippen molar-refractivity contribution in [2.24, 2.45) is 5.41 Å². The predicted octanol–water partition coefficient (Wildman–Crippen LogP) is 1.70. The molecule has 0 aromatic carbocycles. The van der Waals surface area contributed by atoms with Gasteiger partial charge in [0, 0.05) is 30.9 Å². The Hall–Kier alpha value is -0.130. The van der Waals surface area contributed by atoms with Crippen molar-refractivity contribution in [1.82, 2.24) is 4.90 Å². The quantitative estimate of drug-likeness (QED) is 0.747. The second-order valence-corrected chi connectivity index (χ2v) is 8.51. The van der Waals surface area contributed by atoms with Gasteiger partial charge in [0.25, 0.3) is 0 Å². The van der Waals surface area contributed by atoms with E-state index in [1.165, 1.54) is 31.9 Å². The summed E-state index contributed by atoms with van der Waals surface area (Å²) in [4.78, 5) is 2.25. The van der Waals surface area contributed by atoms with E-state index >= 15 is 0 Å². The van der Waals surface area contributed by atoms with E-state index in [9.17, 15) is 8.42 Å². The van der Waals surface area contributed by atoms with Gasteiger partial charge in [-0.1, -0.05) is 12.8 Å². The molecule has 2 aliphatic carbocycles. The molecule has 0 radical (unpaired) electrons. The van der Waals surface area contributed by atoms with E-state index < -0.39 is 9.84 Å². The summed E-state index contributed by atoms with van der Waals surface area (Å²) in [7, 11) is -0.801. The van der Waals surface area contributed by atoms with Crippen LogP contribution in [0.2, 0.25) is 0 Å². The van der Waals surface area contributed by atoms with Crippen molar-refractivity contribution >= 4 is 9.84 Å². The lowest BCUT2D eigenvalue weighted by Crippen LogP contribution is -2.63. The van der Waals surface area contributed by atoms with Gasteiger partial charge < -0.3 is 9.64 Å². The molecule has 19 heavy (non-hydrogen) atoms. The summed E-state index contributed by atoms with van der Waals surface area (Å²) < 4.78 is 28.5. The van der Waals surface area contributed by atoms with E-state index in [1.807, 2.05) is 0 Å². The van der Waals surface area contributed by atoms with Gasteiger partial charge in [-0.05, 0) is 33.2 Å². The Kier molecular flexibility index (Phi) is 4.58. The number of ether oxygens (including phenoxy) is 1. The van der Waals surface area contributed by atoms with Crippen molar-refractivity contribution in [3.05, 3.63) is 0 Å². The molecule has 0 aliphatic heterocycles. The summed E-state index contributed by atoms with van der Waals surface area (Å²) in [6.07, 6.45) is 7.84. The molecule has 0 saturated heterocycles. The molecule has 4 nitrogen and oxygen atoms in total. The van der Waals surface area contributed by atoms with Crippen molar-refractivity contribution in [1.29, 1.82) is 0 Å². The normalized spacial score (nSPS) is 29.9. The summed E-state index contributed by atoms with van der Waals surface area (Å²) in [6, 6.07) is 0.508. The fraction of sp³-hybridized carbons (Fsp3) is 1.00. The van der Waals surface area contributed by atoms with Crippen molar-refractivity contribution < 1.29 is 13.2 Å². The predicted molar refractivity (Wildman–Crippen MR) is 77.1 cm³/mol. The molecule has 0 heterocycles. The number of hydrogen-bond acceptors (Lipinski definition) is 4. The molecular formula is C14H27NO3S. The number of sulfone groups is 1. The molecule has 0 N–H and O–H groups in total. The third kappa shape index (κ3) is 3.14. The first kappa shape index (κ1) is 15.3. The van der Waals surface area contributed by atoms with E-state index in [0.717, 1.165) is 13.0 Å². The highest BCUT2D eigenvalue weighted by molar-refractivity contribution is 7.90. The summed E-state index contributed by atoms with van der Waals surface area (Å²) in [5, 5.41) is 0. The lowest BCUT2D eigenvalue weighted by molar-refractivity contribution is -0.159. The summed E-state index contributed by atoms with van der Waals surface area (Å²) in [5.41, 5.74) is 0.308. The smallest absolute Gasteiger partial charge is 0.148 e. The van der Waals surface area contributed by atoms with E-state index in [4.69, 9.17) is 4.74 Å². The van der Waals surface area contributed by atoms with Crippen LogP contribution < -0.4 is 0 Å². The zero-order valence-corrected chi connectivity index (χ0v) is 13.2. The van der Waals surface area contributed by atoms with E-state index in [-0.39, 0.29) is 5.75 Å². The standard InChI is InChI=1S/C14H27NO3S/c1-4-18-13-11-12(14(13)7-5-6-8-14)15(2)9-10-19(3,16)17/h12-13H,4-11H2,1-3H3/t12-,13-/m0/s1. The monoisotopic (exact) mass is 289 g/mol. The third-order valence-corrected chi connectivity index (χ3v) is 5.92. The van der Waals surface area contributed by atoms with Crippen LogP contribution in [0.1, 0.15) is 39.0 Å². The van der Waals surface area contributed by atoms with Crippen molar-refractivity contribution in [3.63, 3.8) is 0 Å². The largest absolute Gasteiger partial charge is 0.378 e.